The smallest absolute Gasteiger partial charge is 0.243 e. The summed E-state index contributed by atoms with van der Waals surface area (Å²) in [4.78, 5) is 16.3. The molecule has 1 amide bonds. The molecule has 2 aromatic rings. The molecular formula is C21H24F2N2O3S2. The molecule has 30 heavy (non-hydrogen) atoms. The lowest BCUT2D eigenvalue weighted by Crippen LogP contribution is -2.47. The van der Waals surface area contributed by atoms with Gasteiger partial charge in [0.25, 0.3) is 0 Å². The number of thiophene rings is 1. The third kappa shape index (κ3) is 3.78. The van der Waals surface area contributed by atoms with Crippen molar-refractivity contribution in [2.75, 3.05) is 19.6 Å². The van der Waals surface area contributed by atoms with Crippen molar-refractivity contribution in [1.29, 1.82) is 0 Å². The molecular weight excluding hydrogens is 430 g/mol. The van der Waals surface area contributed by atoms with E-state index in [0.717, 1.165) is 25.0 Å². The highest BCUT2D eigenvalue weighted by Crippen LogP contribution is 2.37. The summed E-state index contributed by atoms with van der Waals surface area (Å²) in [5, 5.41) is 2.07. The number of hydrogen-bond donors (Lipinski definition) is 0. The Hall–Kier alpha value is -1.84. The van der Waals surface area contributed by atoms with Crippen LogP contribution in [0.2, 0.25) is 0 Å². The standard InChI is InChI=1S/C21H24F2N2O3S2/c1-2-19-16-8-12-29-20(16)7-11-25(19)21(26)14-5-9-24(10-6-14)30(27,28)15-3-4-17(22)18(23)13-15/h3-4,8,12-14,19H,2,5-7,9-11H2,1H3/t19-/m0/s1. The SMILES string of the molecule is CC[C@H]1c2ccsc2CCN1C(=O)C1CCN(S(=O)(=O)c2ccc(F)c(F)c2)CC1. The van der Waals surface area contributed by atoms with Gasteiger partial charge < -0.3 is 4.90 Å². The van der Waals surface area contributed by atoms with Gasteiger partial charge in [-0.25, -0.2) is 17.2 Å². The van der Waals surface area contributed by atoms with E-state index in [2.05, 4.69) is 18.4 Å². The molecule has 2 aliphatic heterocycles. The largest absolute Gasteiger partial charge is 0.335 e. The Labute approximate surface area is 179 Å². The fourth-order valence-electron chi connectivity index (χ4n) is 4.46. The molecule has 5 nitrogen and oxygen atoms in total. The number of piperidine rings is 1. The molecule has 2 aliphatic rings. The molecule has 0 radical (unpaired) electrons. The number of benzene rings is 1. The lowest BCUT2D eigenvalue weighted by Gasteiger charge is -2.39. The predicted molar refractivity (Wildman–Crippen MR) is 111 cm³/mol. The summed E-state index contributed by atoms with van der Waals surface area (Å²) in [6.45, 7) is 3.14. The molecule has 162 valence electrons. The topological polar surface area (TPSA) is 57.7 Å². The van der Waals surface area contributed by atoms with E-state index in [4.69, 9.17) is 0 Å². The van der Waals surface area contributed by atoms with Gasteiger partial charge in [-0.2, -0.15) is 4.31 Å². The van der Waals surface area contributed by atoms with E-state index < -0.39 is 21.7 Å². The maximum Gasteiger partial charge on any atom is 0.243 e. The second-order valence-corrected chi connectivity index (χ2v) is 10.7. The van der Waals surface area contributed by atoms with Crippen LogP contribution in [0.4, 0.5) is 8.78 Å². The van der Waals surface area contributed by atoms with Crippen LogP contribution in [0.25, 0.3) is 0 Å². The van der Waals surface area contributed by atoms with Crippen molar-refractivity contribution < 1.29 is 22.0 Å². The number of hydrogen-bond acceptors (Lipinski definition) is 4. The van der Waals surface area contributed by atoms with Gasteiger partial charge >= 0.3 is 0 Å². The minimum atomic E-state index is -3.92. The maximum atomic E-state index is 13.5. The molecule has 1 atom stereocenters. The van der Waals surface area contributed by atoms with Crippen molar-refractivity contribution in [1.82, 2.24) is 9.21 Å². The van der Waals surface area contributed by atoms with Crippen molar-refractivity contribution in [3.63, 3.8) is 0 Å². The summed E-state index contributed by atoms with van der Waals surface area (Å²) < 4.78 is 53.5. The molecule has 0 aliphatic carbocycles. The van der Waals surface area contributed by atoms with Crippen LogP contribution >= 0.6 is 11.3 Å². The zero-order chi connectivity index (χ0) is 21.5. The summed E-state index contributed by atoms with van der Waals surface area (Å²) in [6, 6.07) is 4.78. The number of fused-ring (bicyclic) bond motifs is 1. The molecule has 0 unspecified atom stereocenters. The quantitative estimate of drug-likeness (QED) is 0.703. The van der Waals surface area contributed by atoms with Crippen molar-refractivity contribution in [3.8, 4) is 0 Å². The van der Waals surface area contributed by atoms with E-state index in [-0.39, 0.29) is 35.9 Å². The molecule has 1 aromatic heterocycles. The van der Waals surface area contributed by atoms with Crippen LogP contribution < -0.4 is 0 Å². The predicted octanol–water partition coefficient (Wildman–Crippen LogP) is 3.96. The minimum Gasteiger partial charge on any atom is -0.335 e. The Morgan fingerprint density at radius 1 is 1.13 bits per heavy atom. The zero-order valence-electron chi connectivity index (χ0n) is 16.7. The molecule has 1 saturated heterocycles. The summed E-state index contributed by atoms with van der Waals surface area (Å²) in [6.07, 6.45) is 2.55. The van der Waals surface area contributed by atoms with Crippen molar-refractivity contribution in [3.05, 3.63) is 51.7 Å². The summed E-state index contributed by atoms with van der Waals surface area (Å²) in [5.74, 6) is -2.41. The van der Waals surface area contributed by atoms with Gasteiger partial charge in [-0.15, -0.1) is 11.3 Å². The molecule has 0 N–H and O–H groups in total. The zero-order valence-corrected chi connectivity index (χ0v) is 18.3. The van der Waals surface area contributed by atoms with Gasteiger partial charge in [-0.3, -0.25) is 4.79 Å². The highest BCUT2D eigenvalue weighted by Gasteiger charge is 2.37. The molecule has 0 bridgehead atoms. The number of sulfonamides is 1. The lowest BCUT2D eigenvalue weighted by molar-refractivity contribution is -0.139. The summed E-state index contributed by atoms with van der Waals surface area (Å²) in [7, 11) is -3.92. The van der Waals surface area contributed by atoms with Crippen molar-refractivity contribution >= 4 is 27.3 Å². The van der Waals surface area contributed by atoms with Crippen LogP contribution in [0.1, 0.15) is 42.7 Å². The van der Waals surface area contributed by atoms with Crippen LogP contribution in [0.5, 0.6) is 0 Å². The van der Waals surface area contributed by atoms with Crippen molar-refractivity contribution in [2.24, 2.45) is 5.92 Å². The summed E-state index contributed by atoms with van der Waals surface area (Å²) >= 11 is 1.74. The van der Waals surface area contributed by atoms with Gasteiger partial charge in [0.2, 0.25) is 15.9 Å². The monoisotopic (exact) mass is 454 g/mol. The number of amides is 1. The first-order valence-corrected chi connectivity index (χ1v) is 12.5. The van der Waals surface area contributed by atoms with Crippen LogP contribution in [0, 0.1) is 17.6 Å². The number of halogens is 2. The van der Waals surface area contributed by atoms with Crippen molar-refractivity contribution in [2.45, 2.75) is 43.5 Å². The first-order valence-electron chi connectivity index (χ1n) is 10.1. The lowest BCUT2D eigenvalue weighted by atomic mass is 9.92. The average molecular weight is 455 g/mol. The van der Waals surface area contributed by atoms with E-state index in [1.54, 1.807) is 11.3 Å². The van der Waals surface area contributed by atoms with Gasteiger partial charge in [0, 0.05) is 30.4 Å². The summed E-state index contributed by atoms with van der Waals surface area (Å²) in [5.41, 5.74) is 1.24. The number of carbonyl (C=O) groups is 1. The Morgan fingerprint density at radius 2 is 1.87 bits per heavy atom. The van der Waals surface area contributed by atoms with Gasteiger partial charge in [-0.1, -0.05) is 6.92 Å². The van der Waals surface area contributed by atoms with Gasteiger partial charge in [0.1, 0.15) is 0 Å². The minimum absolute atomic E-state index is 0.0800. The number of rotatable bonds is 4. The van der Waals surface area contributed by atoms with Gasteiger partial charge in [0.15, 0.2) is 11.6 Å². The van der Waals surface area contributed by atoms with E-state index in [0.29, 0.717) is 25.5 Å². The number of carbonyl (C=O) groups excluding carboxylic acids is 1. The Morgan fingerprint density at radius 3 is 2.53 bits per heavy atom. The van der Waals surface area contributed by atoms with Gasteiger partial charge in [-0.05, 0) is 60.9 Å². The fourth-order valence-corrected chi connectivity index (χ4v) is 6.87. The highest BCUT2D eigenvalue weighted by atomic mass is 32.2. The second kappa shape index (κ2) is 8.36. The maximum absolute atomic E-state index is 13.5. The normalized spacial score (nSPS) is 20.9. The Kier molecular flexibility index (Phi) is 5.96. The molecule has 0 spiro atoms. The average Bonchev–Trinajstić information content (AvgIpc) is 3.23. The molecule has 3 heterocycles. The first kappa shape index (κ1) is 21.4. The molecule has 4 rings (SSSR count). The molecule has 1 aromatic carbocycles. The molecule has 0 saturated carbocycles. The highest BCUT2D eigenvalue weighted by molar-refractivity contribution is 7.89. The van der Waals surface area contributed by atoms with Crippen LogP contribution in [0.3, 0.4) is 0 Å². The third-order valence-electron chi connectivity index (χ3n) is 6.10. The Balaban J connectivity index is 1.44. The Bertz CT molecular complexity index is 1050. The van der Waals surface area contributed by atoms with Crippen LogP contribution in [-0.4, -0.2) is 43.2 Å². The van der Waals surface area contributed by atoms with Crippen LogP contribution in [-0.2, 0) is 21.2 Å². The van der Waals surface area contributed by atoms with E-state index in [9.17, 15) is 22.0 Å². The fraction of sp³-hybridized carbons (Fsp3) is 0.476. The van der Waals surface area contributed by atoms with Crippen LogP contribution in [0.15, 0.2) is 34.5 Å². The second-order valence-electron chi connectivity index (χ2n) is 7.76. The van der Waals surface area contributed by atoms with E-state index >= 15 is 0 Å². The third-order valence-corrected chi connectivity index (χ3v) is 8.99. The molecule has 9 heteroatoms. The number of nitrogens with zero attached hydrogens (tertiary/aromatic N) is 2. The van der Waals surface area contributed by atoms with Gasteiger partial charge in [0.05, 0.1) is 10.9 Å². The first-order chi connectivity index (χ1) is 14.3. The van der Waals surface area contributed by atoms with E-state index in [1.807, 2.05) is 4.90 Å². The molecule has 1 fully saturated rings. The van der Waals surface area contributed by atoms with E-state index in [1.165, 1.54) is 14.7 Å².